The Morgan fingerprint density at radius 3 is 2.35 bits per heavy atom. The molecule has 0 saturated heterocycles. The first-order valence-electron chi connectivity index (χ1n) is 6.94. The normalized spacial score (nSPS) is 10.8. The zero-order valence-electron chi connectivity index (χ0n) is 12.0. The fourth-order valence-corrected chi connectivity index (χ4v) is 2.14. The van der Waals surface area contributed by atoms with Crippen LogP contribution in [-0.2, 0) is 4.79 Å². The van der Waals surface area contributed by atoms with Crippen LogP contribution in [0.15, 0.2) is 60.7 Å². The highest BCUT2D eigenvalue weighted by atomic mass is 35.5. The summed E-state index contributed by atoms with van der Waals surface area (Å²) in [6.45, 7) is 0. The Kier molecular flexibility index (Phi) is 4.49. The van der Waals surface area contributed by atoms with E-state index in [-0.39, 0.29) is 11.1 Å². The fourth-order valence-electron chi connectivity index (χ4n) is 1.96. The number of rotatable bonds is 4. The highest BCUT2D eigenvalue weighted by Gasteiger charge is 2.06. The van der Waals surface area contributed by atoms with E-state index in [1.54, 1.807) is 6.08 Å². The van der Waals surface area contributed by atoms with E-state index in [0.29, 0.717) is 16.9 Å². The summed E-state index contributed by atoms with van der Waals surface area (Å²) in [5.74, 6) is -0.0216. The van der Waals surface area contributed by atoms with Crippen LogP contribution in [0.3, 0.4) is 0 Å². The van der Waals surface area contributed by atoms with Crippen LogP contribution < -0.4 is 10.9 Å². The molecule has 0 bridgehead atoms. The molecule has 2 aromatic carbocycles. The third-order valence-corrected chi connectivity index (χ3v) is 3.32. The number of anilines is 1. The summed E-state index contributed by atoms with van der Waals surface area (Å²) >= 11 is 6.05. The molecule has 1 amide bonds. The van der Waals surface area contributed by atoms with Crippen molar-refractivity contribution in [3.63, 3.8) is 0 Å². The van der Waals surface area contributed by atoms with E-state index < -0.39 is 0 Å². The number of hydrazine groups is 1. The molecule has 3 aromatic rings. The van der Waals surface area contributed by atoms with E-state index in [9.17, 15) is 4.79 Å². The van der Waals surface area contributed by atoms with Gasteiger partial charge in [-0.2, -0.15) is 0 Å². The molecule has 2 N–H and O–H groups in total. The van der Waals surface area contributed by atoms with E-state index in [1.807, 2.05) is 54.6 Å². The first-order chi connectivity index (χ1) is 11.2. The number of amides is 1. The molecule has 0 unspecified atom stereocenters. The van der Waals surface area contributed by atoms with Crippen molar-refractivity contribution in [2.24, 2.45) is 0 Å². The van der Waals surface area contributed by atoms with Crippen LogP contribution in [0.25, 0.3) is 17.1 Å². The number of para-hydroxylation sites is 2. The van der Waals surface area contributed by atoms with Crippen LogP contribution in [0, 0.1) is 0 Å². The van der Waals surface area contributed by atoms with Gasteiger partial charge in [0.25, 0.3) is 5.91 Å². The van der Waals surface area contributed by atoms with Gasteiger partial charge in [-0.15, -0.1) is 0 Å². The molecule has 1 aromatic heterocycles. The average Bonchev–Trinajstić information content (AvgIpc) is 2.59. The second kappa shape index (κ2) is 6.89. The van der Waals surface area contributed by atoms with Crippen LogP contribution in [0.2, 0.25) is 5.15 Å². The number of halogens is 1. The number of hydrogen-bond donors (Lipinski definition) is 2. The Morgan fingerprint density at radius 1 is 0.957 bits per heavy atom. The van der Waals surface area contributed by atoms with Crippen LogP contribution in [0.5, 0.6) is 0 Å². The lowest BCUT2D eigenvalue weighted by Gasteiger charge is -2.08. The molecule has 23 heavy (non-hydrogen) atoms. The van der Waals surface area contributed by atoms with Gasteiger partial charge in [-0.05, 0) is 23.8 Å². The summed E-state index contributed by atoms with van der Waals surface area (Å²) in [7, 11) is 0. The molecule has 0 radical (unpaired) electrons. The van der Waals surface area contributed by atoms with Crippen LogP contribution in [0.1, 0.15) is 5.56 Å². The van der Waals surface area contributed by atoms with Crippen LogP contribution in [-0.4, -0.2) is 15.9 Å². The molecule has 0 aliphatic rings. The van der Waals surface area contributed by atoms with Crippen molar-refractivity contribution in [3.8, 4) is 0 Å². The lowest BCUT2D eigenvalue weighted by Crippen LogP contribution is -2.28. The summed E-state index contributed by atoms with van der Waals surface area (Å²) in [4.78, 5) is 20.4. The first kappa shape index (κ1) is 15.0. The number of nitrogens with zero attached hydrogens (tertiary/aromatic N) is 2. The molecule has 1 heterocycles. The van der Waals surface area contributed by atoms with Crippen molar-refractivity contribution in [1.29, 1.82) is 0 Å². The maximum absolute atomic E-state index is 11.8. The van der Waals surface area contributed by atoms with Crippen LogP contribution in [0.4, 0.5) is 5.82 Å². The topological polar surface area (TPSA) is 66.9 Å². The van der Waals surface area contributed by atoms with Gasteiger partial charge in [0.15, 0.2) is 11.0 Å². The van der Waals surface area contributed by atoms with Gasteiger partial charge < -0.3 is 0 Å². The molecule has 0 fully saturated rings. The van der Waals surface area contributed by atoms with Gasteiger partial charge in [0.05, 0.1) is 11.0 Å². The fraction of sp³-hybridized carbons (Fsp3) is 0. The predicted molar refractivity (Wildman–Crippen MR) is 91.8 cm³/mol. The lowest BCUT2D eigenvalue weighted by atomic mass is 10.2. The molecular formula is C17H13ClN4O. The molecule has 3 rings (SSSR count). The van der Waals surface area contributed by atoms with Gasteiger partial charge in [-0.3, -0.25) is 15.6 Å². The second-order valence-electron chi connectivity index (χ2n) is 4.71. The summed E-state index contributed by atoms with van der Waals surface area (Å²) in [6.07, 6.45) is 3.13. The maximum Gasteiger partial charge on any atom is 0.262 e. The van der Waals surface area contributed by atoms with E-state index >= 15 is 0 Å². The zero-order valence-corrected chi connectivity index (χ0v) is 12.8. The number of nitrogens with one attached hydrogen (secondary N) is 2. The van der Waals surface area contributed by atoms with E-state index in [0.717, 1.165) is 5.56 Å². The predicted octanol–water partition coefficient (Wildman–Crippen LogP) is 3.44. The van der Waals surface area contributed by atoms with Crippen molar-refractivity contribution in [1.82, 2.24) is 15.4 Å². The van der Waals surface area contributed by atoms with E-state index in [2.05, 4.69) is 20.8 Å². The molecule has 5 nitrogen and oxygen atoms in total. The zero-order chi connectivity index (χ0) is 16.1. The van der Waals surface area contributed by atoms with E-state index in [1.165, 1.54) is 6.08 Å². The highest BCUT2D eigenvalue weighted by molar-refractivity contribution is 6.32. The number of aromatic nitrogens is 2. The molecule has 114 valence electrons. The monoisotopic (exact) mass is 324 g/mol. The van der Waals surface area contributed by atoms with Crippen molar-refractivity contribution in [3.05, 3.63) is 71.4 Å². The largest absolute Gasteiger partial charge is 0.279 e. The lowest BCUT2D eigenvalue weighted by molar-refractivity contribution is -0.116. The number of carbonyl (C=O) groups excluding carboxylic acids is 1. The minimum absolute atomic E-state index is 0.191. The number of benzene rings is 2. The molecule has 0 spiro atoms. The van der Waals surface area contributed by atoms with E-state index in [4.69, 9.17) is 11.6 Å². The van der Waals surface area contributed by atoms with Gasteiger partial charge in [0, 0.05) is 6.08 Å². The Morgan fingerprint density at radius 2 is 1.61 bits per heavy atom. The Balaban J connectivity index is 1.67. The Labute approximate surface area is 138 Å². The molecule has 0 atom stereocenters. The minimum Gasteiger partial charge on any atom is -0.279 e. The molecule has 0 aliphatic heterocycles. The number of hydrogen-bond acceptors (Lipinski definition) is 4. The van der Waals surface area contributed by atoms with Crippen molar-refractivity contribution in [2.45, 2.75) is 0 Å². The summed E-state index contributed by atoms with van der Waals surface area (Å²) in [5.41, 5.74) is 7.51. The first-order valence-corrected chi connectivity index (χ1v) is 7.31. The Hall–Kier alpha value is -2.92. The van der Waals surface area contributed by atoms with Crippen molar-refractivity contribution >= 4 is 40.4 Å². The standard InChI is InChI=1S/C17H13ClN4O/c18-16-17(20-14-9-5-4-8-13(14)19-16)22-21-15(23)11-10-12-6-2-1-3-7-12/h1-11H,(H,20,22)(H,21,23). The van der Waals surface area contributed by atoms with Crippen LogP contribution >= 0.6 is 11.6 Å². The van der Waals surface area contributed by atoms with Gasteiger partial charge in [-0.1, -0.05) is 54.1 Å². The maximum atomic E-state index is 11.8. The van der Waals surface area contributed by atoms with Gasteiger partial charge >= 0.3 is 0 Å². The molecular weight excluding hydrogens is 312 g/mol. The third-order valence-electron chi connectivity index (χ3n) is 3.06. The third kappa shape index (κ3) is 3.84. The SMILES string of the molecule is O=C(C=Cc1ccccc1)NNc1nc2ccccc2nc1Cl. The summed E-state index contributed by atoms with van der Waals surface area (Å²) in [6, 6.07) is 16.9. The highest BCUT2D eigenvalue weighted by Crippen LogP contribution is 2.20. The molecule has 0 saturated carbocycles. The van der Waals surface area contributed by atoms with Gasteiger partial charge in [-0.25, -0.2) is 9.97 Å². The average molecular weight is 325 g/mol. The van der Waals surface area contributed by atoms with Gasteiger partial charge in [0.1, 0.15) is 0 Å². The minimum atomic E-state index is -0.320. The van der Waals surface area contributed by atoms with Crippen molar-refractivity contribution < 1.29 is 4.79 Å². The molecule has 0 aliphatic carbocycles. The number of carbonyl (C=O) groups is 1. The van der Waals surface area contributed by atoms with Crippen molar-refractivity contribution in [2.75, 3.05) is 5.43 Å². The molecule has 6 heteroatoms. The summed E-state index contributed by atoms with van der Waals surface area (Å²) in [5, 5.41) is 0.191. The quantitative estimate of drug-likeness (QED) is 0.570. The Bertz CT molecular complexity index is 865. The van der Waals surface area contributed by atoms with Gasteiger partial charge in [0.2, 0.25) is 0 Å². The smallest absolute Gasteiger partial charge is 0.262 e. The second-order valence-corrected chi connectivity index (χ2v) is 5.07. The summed E-state index contributed by atoms with van der Waals surface area (Å²) < 4.78 is 0. The number of fused-ring (bicyclic) bond motifs is 1.